The van der Waals surface area contributed by atoms with Gasteiger partial charge < -0.3 is 19.3 Å². The van der Waals surface area contributed by atoms with Crippen molar-refractivity contribution in [2.24, 2.45) is 5.92 Å². The van der Waals surface area contributed by atoms with Gasteiger partial charge in [0.1, 0.15) is 11.5 Å². The van der Waals surface area contributed by atoms with Crippen LogP contribution in [0.5, 0.6) is 11.5 Å². The van der Waals surface area contributed by atoms with Crippen molar-refractivity contribution in [1.82, 2.24) is 9.80 Å². The molecule has 0 atom stereocenters. The first-order valence-corrected chi connectivity index (χ1v) is 12.0. The smallest absolute Gasteiger partial charge is 0.416 e. The maximum absolute atomic E-state index is 13.5. The molecular weight excluding hydrogens is 457 g/mol. The SMILES string of the molecule is COc1cc(C(F)(F)F)ccc1CN(C(=O)Cc1ccc(OCC(C)C)cc1)C1CCN(C)CC1. The molecule has 0 saturated carbocycles. The molecule has 1 saturated heterocycles. The van der Waals surface area contributed by atoms with Crippen molar-refractivity contribution in [3.63, 3.8) is 0 Å². The van der Waals surface area contributed by atoms with Crippen LogP contribution in [0.3, 0.4) is 0 Å². The van der Waals surface area contributed by atoms with Gasteiger partial charge in [-0.15, -0.1) is 0 Å². The average Bonchev–Trinajstić information content (AvgIpc) is 2.82. The molecule has 0 unspecified atom stereocenters. The quantitative estimate of drug-likeness (QED) is 0.469. The molecule has 1 fully saturated rings. The van der Waals surface area contributed by atoms with E-state index in [9.17, 15) is 18.0 Å². The number of halogens is 3. The molecule has 2 aromatic rings. The number of hydrogen-bond acceptors (Lipinski definition) is 4. The van der Waals surface area contributed by atoms with Gasteiger partial charge in [-0.25, -0.2) is 0 Å². The third-order valence-corrected chi connectivity index (χ3v) is 6.27. The zero-order valence-electron chi connectivity index (χ0n) is 20.9. The van der Waals surface area contributed by atoms with Crippen LogP contribution in [0.1, 0.15) is 43.4 Å². The largest absolute Gasteiger partial charge is 0.496 e. The molecule has 35 heavy (non-hydrogen) atoms. The molecule has 8 heteroatoms. The van der Waals surface area contributed by atoms with Crippen molar-refractivity contribution >= 4 is 5.91 Å². The summed E-state index contributed by atoms with van der Waals surface area (Å²) >= 11 is 0. The van der Waals surface area contributed by atoms with Crippen LogP contribution in [0.25, 0.3) is 0 Å². The Kier molecular flexibility index (Phi) is 9.05. The molecule has 0 aliphatic carbocycles. The summed E-state index contributed by atoms with van der Waals surface area (Å²) in [5, 5.41) is 0. The van der Waals surface area contributed by atoms with Gasteiger partial charge in [0.2, 0.25) is 5.91 Å². The minimum atomic E-state index is -4.46. The molecule has 1 aliphatic heterocycles. The number of benzene rings is 2. The summed E-state index contributed by atoms with van der Waals surface area (Å²) in [6, 6.07) is 11.0. The fourth-order valence-corrected chi connectivity index (χ4v) is 4.21. The lowest BCUT2D eigenvalue weighted by Gasteiger charge is -2.38. The molecule has 0 N–H and O–H groups in total. The number of nitrogens with zero attached hydrogens (tertiary/aromatic N) is 2. The lowest BCUT2D eigenvalue weighted by Crippen LogP contribution is -2.46. The Morgan fingerprint density at radius 3 is 2.34 bits per heavy atom. The van der Waals surface area contributed by atoms with Gasteiger partial charge in [0.05, 0.1) is 25.7 Å². The highest BCUT2D eigenvalue weighted by molar-refractivity contribution is 5.79. The molecule has 0 aromatic heterocycles. The Hall–Kier alpha value is -2.74. The number of amides is 1. The van der Waals surface area contributed by atoms with Crippen molar-refractivity contribution in [1.29, 1.82) is 0 Å². The lowest BCUT2D eigenvalue weighted by atomic mass is 10.0. The van der Waals surface area contributed by atoms with E-state index in [1.165, 1.54) is 13.2 Å². The molecule has 3 rings (SSSR count). The highest BCUT2D eigenvalue weighted by atomic mass is 19.4. The van der Waals surface area contributed by atoms with Gasteiger partial charge >= 0.3 is 6.18 Å². The molecule has 0 spiro atoms. The van der Waals surface area contributed by atoms with E-state index < -0.39 is 11.7 Å². The Balaban J connectivity index is 1.79. The molecule has 0 radical (unpaired) electrons. The molecule has 1 heterocycles. The molecular formula is C27H35F3N2O3. The number of methoxy groups -OCH3 is 1. The van der Waals surface area contributed by atoms with E-state index in [1.807, 2.05) is 31.3 Å². The second kappa shape index (κ2) is 11.8. The van der Waals surface area contributed by atoms with Crippen molar-refractivity contribution < 1.29 is 27.4 Å². The first kappa shape index (κ1) is 26.9. The highest BCUT2D eigenvalue weighted by Crippen LogP contribution is 2.34. The predicted molar refractivity (Wildman–Crippen MR) is 130 cm³/mol. The summed E-state index contributed by atoms with van der Waals surface area (Å²) < 4.78 is 50.5. The minimum absolute atomic E-state index is 0.0133. The fourth-order valence-electron chi connectivity index (χ4n) is 4.21. The Labute approximate surface area is 205 Å². The van der Waals surface area contributed by atoms with E-state index >= 15 is 0 Å². The normalized spacial score (nSPS) is 15.3. The molecule has 1 aliphatic rings. The van der Waals surface area contributed by atoms with E-state index in [4.69, 9.17) is 9.47 Å². The lowest BCUT2D eigenvalue weighted by molar-refractivity contribution is -0.138. The third kappa shape index (κ3) is 7.62. The fraction of sp³-hybridized carbons (Fsp3) is 0.519. The third-order valence-electron chi connectivity index (χ3n) is 6.27. The van der Waals surface area contributed by atoms with Crippen LogP contribution in [-0.4, -0.2) is 55.6 Å². The summed E-state index contributed by atoms with van der Waals surface area (Å²) in [6.45, 7) is 6.70. The van der Waals surface area contributed by atoms with Crippen LogP contribution in [0, 0.1) is 5.92 Å². The maximum atomic E-state index is 13.5. The molecule has 2 aromatic carbocycles. The number of ether oxygens (including phenoxy) is 2. The Morgan fingerprint density at radius 2 is 1.77 bits per heavy atom. The summed E-state index contributed by atoms with van der Waals surface area (Å²) in [4.78, 5) is 17.5. The summed E-state index contributed by atoms with van der Waals surface area (Å²) in [6.07, 6.45) is -2.62. The molecule has 192 valence electrons. The van der Waals surface area contributed by atoms with E-state index in [0.29, 0.717) is 18.1 Å². The summed E-state index contributed by atoms with van der Waals surface area (Å²) in [5.74, 6) is 1.26. The van der Waals surface area contributed by atoms with Crippen LogP contribution in [0.15, 0.2) is 42.5 Å². The van der Waals surface area contributed by atoms with Crippen molar-refractivity contribution in [3.05, 3.63) is 59.2 Å². The topological polar surface area (TPSA) is 42.0 Å². The van der Waals surface area contributed by atoms with Gasteiger partial charge in [-0.05, 0) is 68.7 Å². The number of rotatable bonds is 9. The molecule has 5 nitrogen and oxygen atoms in total. The second-order valence-electron chi connectivity index (χ2n) is 9.61. The van der Waals surface area contributed by atoms with Gasteiger partial charge in [0.15, 0.2) is 0 Å². The van der Waals surface area contributed by atoms with Crippen molar-refractivity contribution in [3.8, 4) is 11.5 Å². The Morgan fingerprint density at radius 1 is 1.11 bits per heavy atom. The van der Waals surface area contributed by atoms with Gasteiger partial charge in [0.25, 0.3) is 0 Å². The van der Waals surface area contributed by atoms with E-state index in [1.54, 1.807) is 4.90 Å². The van der Waals surface area contributed by atoms with Crippen molar-refractivity contribution in [2.75, 3.05) is 33.9 Å². The summed E-state index contributed by atoms with van der Waals surface area (Å²) in [5.41, 5.74) is 0.657. The maximum Gasteiger partial charge on any atom is 0.416 e. The van der Waals surface area contributed by atoms with Gasteiger partial charge in [-0.1, -0.05) is 32.0 Å². The van der Waals surface area contributed by atoms with Crippen LogP contribution in [0.4, 0.5) is 13.2 Å². The summed E-state index contributed by atoms with van der Waals surface area (Å²) in [7, 11) is 3.40. The number of carbonyl (C=O) groups is 1. The van der Waals surface area contributed by atoms with Gasteiger partial charge in [0, 0.05) is 18.2 Å². The molecule has 0 bridgehead atoms. The van der Waals surface area contributed by atoms with Crippen LogP contribution in [-0.2, 0) is 23.9 Å². The van der Waals surface area contributed by atoms with E-state index in [-0.39, 0.29) is 30.7 Å². The minimum Gasteiger partial charge on any atom is -0.496 e. The number of carbonyl (C=O) groups excluding carboxylic acids is 1. The zero-order valence-corrected chi connectivity index (χ0v) is 20.9. The number of likely N-dealkylation sites (tertiary alicyclic amines) is 1. The van der Waals surface area contributed by atoms with Gasteiger partial charge in [-0.3, -0.25) is 4.79 Å². The van der Waals surface area contributed by atoms with Crippen LogP contribution >= 0.6 is 0 Å². The average molecular weight is 493 g/mol. The number of piperidine rings is 1. The highest BCUT2D eigenvalue weighted by Gasteiger charge is 2.32. The van der Waals surface area contributed by atoms with E-state index in [0.717, 1.165) is 49.4 Å². The molecule has 1 amide bonds. The monoisotopic (exact) mass is 492 g/mol. The first-order chi connectivity index (χ1) is 16.6. The van der Waals surface area contributed by atoms with Crippen LogP contribution < -0.4 is 9.47 Å². The zero-order chi connectivity index (χ0) is 25.6. The van der Waals surface area contributed by atoms with Gasteiger partial charge in [-0.2, -0.15) is 13.2 Å². The Bertz CT molecular complexity index is 969. The standard InChI is InChI=1S/C27H35F3N2O3/c1-19(2)18-35-24-9-5-20(6-10-24)15-26(33)32(23-11-13-31(3)14-12-23)17-21-7-8-22(27(28,29)30)16-25(21)34-4/h5-10,16,19,23H,11-15,17-18H2,1-4H3. The number of alkyl halides is 3. The van der Waals surface area contributed by atoms with Crippen molar-refractivity contribution in [2.45, 2.75) is 51.9 Å². The number of hydrogen-bond donors (Lipinski definition) is 0. The first-order valence-electron chi connectivity index (χ1n) is 12.0. The predicted octanol–water partition coefficient (Wildman–Crippen LogP) is 5.41. The van der Waals surface area contributed by atoms with Crippen LogP contribution in [0.2, 0.25) is 0 Å². The van der Waals surface area contributed by atoms with E-state index in [2.05, 4.69) is 18.7 Å². The second-order valence-corrected chi connectivity index (χ2v) is 9.61.